The second-order valence-corrected chi connectivity index (χ2v) is 7.47. The standard InChI is InChI=1S/C26H18FNO4/c1-15-19-13-17(27)11-12-22(19)31-25(15)20(29)14-28-23-18-9-5-6-10-21(18)32-26(23)24(30)16-7-3-2-4-8-16/h2-13,28H,14H2,1H3. The number of anilines is 1. The van der Waals surface area contributed by atoms with E-state index in [1.54, 1.807) is 37.3 Å². The molecule has 0 amide bonds. The molecule has 5 rings (SSSR count). The number of rotatable bonds is 6. The van der Waals surface area contributed by atoms with Crippen molar-refractivity contribution in [2.75, 3.05) is 11.9 Å². The number of para-hydroxylation sites is 1. The Labute approximate surface area is 182 Å². The number of carbonyl (C=O) groups is 2. The minimum atomic E-state index is -0.396. The van der Waals surface area contributed by atoms with Crippen LogP contribution < -0.4 is 5.32 Å². The molecule has 0 atom stereocenters. The molecule has 0 radical (unpaired) electrons. The largest absolute Gasteiger partial charge is 0.453 e. The van der Waals surface area contributed by atoms with E-state index in [0.717, 1.165) is 0 Å². The van der Waals surface area contributed by atoms with Crippen LogP contribution in [0.15, 0.2) is 81.6 Å². The second kappa shape index (κ2) is 7.81. The smallest absolute Gasteiger partial charge is 0.230 e. The van der Waals surface area contributed by atoms with Crippen LogP contribution in [0.3, 0.4) is 0 Å². The SMILES string of the molecule is Cc1c(C(=O)CNc2c(C(=O)c3ccccc3)oc3ccccc23)oc2ccc(F)cc12. The van der Waals surface area contributed by atoms with E-state index in [0.29, 0.717) is 38.8 Å². The molecule has 0 aliphatic heterocycles. The van der Waals surface area contributed by atoms with E-state index in [2.05, 4.69) is 5.32 Å². The number of hydrogen-bond donors (Lipinski definition) is 1. The number of furan rings is 2. The van der Waals surface area contributed by atoms with Gasteiger partial charge in [0.05, 0.1) is 12.2 Å². The van der Waals surface area contributed by atoms with Crippen molar-refractivity contribution in [2.24, 2.45) is 0 Å². The molecular weight excluding hydrogens is 409 g/mol. The Kier molecular flexibility index (Phi) is 4.82. The molecule has 6 heteroatoms. The normalized spacial score (nSPS) is 11.2. The van der Waals surface area contributed by atoms with E-state index >= 15 is 0 Å². The fraction of sp³-hybridized carbons (Fsp3) is 0.0769. The second-order valence-electron chi connectivity index (χ2n) is 7.47. The average molecular weight is 427 g/mol. The summed E-state index contributed by atoms with van der Waals surface area (Å²) in [6, 6.07) is 20.2. The minimum Gasteiger partial charge on any atom is -0.453 e. The van der Waals surface area contributed by atoms with Gasteiger partial charge in [-0.25, -0.2) is 4.39 Å². The Morgan fingerprint density at radius 2 is 1.53 bits per heavy atom. The van der Waals surface area contributed by atoms with Gasteiger partial charge in [-0.3, -0.25) is 9.59 Å². The number of ketones is 2. The Balaban J connectivity index is 1.48. The van der Waals surface area contributed by atoms with Crippen LogP contribution in [0.1, 0.15) is 32.2 Å². The lowest BCUT2D eigenvalue weighted by Crippen LogP contribution is -2.16. The summed E-state index contributed by atoms with van der Waals surface area (Å²) in [4.78, 5) is 26.0. The number of halogens is 1. The fourth-order valence-electron chi connectivity index (χ4n) is 3.81. The third-order valence-electron chi connectivity index (χ3n) is 5.41. The summed E-state index contributed by atoms with van der Waals surface area (Å²) in [7, 11) is 0. The predicted molar refractivity (Wildman–Crippen MR) is 120 cm³/mol. The quantitative estimate of drug-likeness (QED) is 0.329. The molecule has 3 aromatic carbocycles. The molecule has 0 fully saturated rings. The van der Waals surface area contributed by atoms with Crippen molar-refractivity contribution in [1.29, 1.82) is 0 Å². The van der Waals surface area contributed by atoms with Crippen LogP contribution in [0, 0.1) is 12.7 Å². The van der Waals surface area contributed by atoms with Crippen molar-refractivity contribution in [3.8, 4) is 0 Å². The van der Waals surface area contributed by atoms with Gasteiger partial charge in [0.2, 0.25) is 11.6 Å². The Morgan fingerprint density at radius 1 is 0.844 bits per heavy atom. The number of Topliss-reactive ketones (excluding diaryl/α,β-unsaturated/α-hetero) is 1. The van der Waals surface area contributed by atoms with Crippen LogP contribution in [-0.2, 0) is 0 Å². The molecule has 0 aliphatic rings. The van der Waals surface area contributed by atoms with Crippen LogP contribution in [-0.4, -0.2) is 18.1 Å². The van der Waals surface area contributed by atoms with E-state index in [4.69, 9.17) is 8.83 Å². The molecule has 1 N–H and O–H groups in total. The third-order valence-corrected chi connectivity index (χ3v) is 5.41. The van der Waals surface area contributed by atoms with Crippen LogP contribution in [0.2, 0.25) is 0 Å². The van der Waals surface area contributed by atoms with Crippen molar-refractivity contribution >= 4 is 39.2 Å². The van der Waals surface area contributed by atoms with Gasteiger partial charge in [0.1, 0.15) is 17.0 Å². The molecule has 5 nitrogen and oxygen atoms in total. The molecule has 158 valence electrons. The van der Waals surface area contributed by atoms with Gasteiger partial charge in [-0.2, -0.15) is 0 Å². The third kappa shape index (κ3) is 3.36. The first-order valence-electron chi connectivity index (χ1n) is 10.1. The van der Waals surface area contributed by atoms with Gasteiger partial charge in [0.25, 0.3) is 0 Å². The van der Waals surface area contributed by atoms with E-state index in [1.165, 1.54) is 18.2 Å². The summed E-state index contributed by atoms with van der Waals surface area (Å²) < 4.78 is 25.1. The molecule has 0 saturated heterocycles. The van der Waals surface area contributed by atoms with Crippen LogP contribution in [0.25, 0.3) is 21.9 Å². The summed E-state index contributed by atoms with van der Waals surface area (Å²) in [5.74, 6) is -0.711. The number of carbonyl (C=O) groups excluding carboxylic acids is 2. The number of aryl methyl sites for hydroxylation is 1. The van der Waals surface area contributed by atoms with E-state index in [9.17, 15) is 14.0 Å². The Hall–Kier alpha value is -4.19. The highest BCUT2D eigenvalue weighted by molar-refractivity contribution is 6.15. The number of hydrogen-bond acceptors (Lipinski definition) is 5. The molecule has 2 heterocycles. The van der Waals surface area contributed by atoms with Gasteiger partial charge >= 0.3 is 0 Å². The lowest BCUT2D eigenvalue weighted by molar-refractivity contribution is 0.0977. The molecule has 0 saturated carbocycles. The van der Waals surface area contributed by atoms with Gasteiger partial charge in [-0.05, 0) is 37.3 Å². The van der Waals surface area contributed by atoms with E-state index < -0.39 is 5.82 Å². The number of benzene rings is 3. The summed E-state index contributed by atoms with van der Waals surface area (Å²) in [6.45, 7) is 1.60. The highest BCUT2D eigenvalue weighted by Gasteiger charge is 2.24. The van der Waals surface area contributed by atoms with Crippen molar-refractivity contribution in [2.45, 2.75) is 6.92 Å². The zero-order valence-electron chi connectivity index (χ0n) is 17.1. The molecule has 5 aromatic rings. The maximum Gasteiger partial charge on any atom is 0.230 e. The molecule has 0 spiro atoms. The monoisotopic (exact) mass is 427 g/mol. The highest BCUT2D eigenvalue weighted by Crippen LogP contribution is 2.33. The van der Waals surface area contributed by atoms with Gasteiger partial charge in [-0.1, -0.05) is 42.5 Å². The topological polar surface area (TPSA) is 72.5 Å². The maximum absolute atomic E-state index is 13.6. The predicted octanol–water partition coefficient (Wildman–Crippen LogP) is 6.15. The van der Waals surface area contributed by atoms with E-state index in [1.807, 2.05) is 24.3 Å². The van der Waals surface area contributed by atoms with E-state index in [-0.39, 0.29) is 29.6 Å². The van der Waals surface area contributed by atoms with Crippen LogP contribution in [0.4, 0.5) is 10.1 Å². The van der Waals surface area contributed by atoms with Crippen molar-refractivity contribution in [3.63, 3.8) is 0 Å². The first-order chi connectivity index (χ1) is 15.5. The maximum atomic E-state index is 13.6. The minimum absolute atomic E-state index is 0.123. The van der Waals surface area contributed by atoms with Gasteiger partial charge in [0.15, 0.2) is 11.5 Å². The lowest BCUT2D eigenvalue weighted by Gasteiger charge is -2.06. The van der Waals surface area contributed by atoms with Crippen LogP contribution >= 0.6 is 0 Å². The first kappa shape index (κ1) is 19.8. The first-order valence-corrected chi connectivity index (χ1v) is 10.1. The molecular formula is C26H18FNO4. The van der Waals surface area contributed by atoms with Crippen molar-refractivity contribution < 1.29 is 22.8 Å². The molecule has 2 aromatic heterocycles. The number of fused-ring (bicyclic) bond motifs is 2. The molecule has 0 unspecified atom stereocenters. The average Bonchev–Trinajstić information content (AvgIpc) is 3.35. The summed E-state index contributed by atoms with van der Waals surface area (Å²) >= 11 is 0. The molecule has 0 bridgehead atoms. The fourth-order valence-corrected chi connectivity index (χ4v) is 3.81. The van der Waals surface area contributed by atoms with Crippen LogP contribution in [0.5, 0.6) is 0 Å². The van der Waals surface area contributed by atoms with Gasteiger partial charge in [-0.15, -0.1) is 0 Å². The highest BCUT2D eigenvalue weighted by atomic mass is 19.1. The molecule has 0 aliphatic carbocycles. The lowest BCUT2D eigenvalue weighted by atomic mass is 10.1. The Bertz CT molecular complexity index is 1480. The zero-order chi connectivity index (χ0) is 22.2. The summed E-state index contributed by atoms with van der Waals surface area (Å²) in [6.07, 6.45) is 0. The van der Waals surface area contributed by atoms with Gasteiger partial charge < -0.3 is 14.2 Å². The summed E-state index contributed by atoms with van der Waals surface area (Å²) in [5.41, 5.74) is 2.49. The Morgan fingerprint density at radius 3 is 2.34 bits per heavy atom. The zero-order valence-corrected chi connectivity index (χ0v) is 17.1. The number of nitrogens with one attached hydrogen (secondary N) is 1. The molecule has 32 heavy (non-hydrogen) atoms. The van der Waals surface area contributed by atoms with Crippen molar-refractivity contribution in [3.05, 3.63) is 101 Å². The van der Waals surface area contributed by atoms with Crippen molar-refractivity contribution in [1.82, 2.24) is 0 Å². The van der Waals surface area contributed by atoms with Gasteiger partial charge in [0, 0.05) is 21.9 Å². The summed E-state index contributed by atoms with van der Waals surface area (Å²) in [5, 5.41) is 4.32.